The first-order chi connectivity index (χ1) is 9.61. The van der Waals surface area contributed by atoms with Gasteiger partial charge in [-0.1, -0.05) is 30.3 Å². The molecule has 0 fully saturated rings. The molecule has 0 radical (unpaired) electrons. The fourth-order valence-corrected chi connectivity index (χ4v) is 1.31. The van der Waals surface area contributed by atoms with E-state index in [4.69, 9.17) is 15.6 Å². The van der Waals surface area contributed by atoms with Crippen LogP contribution in [0.15, 0.2) is 64.8 Å². The van der Waals surface area contributed by atoms with Gasteiger partial charge in [0.1, 0.15) is 0 Å². The highest BCUT2D eigenvalue weighted by atomic mass is 16.4. The highest BCUT2D eigenvalue weighted by Gasteiger charge is 1.91. The third-order valence-corrected chi connectivity index (χ3v) is 2.21. The van der Waals surface area contributed by atoms with Crippen molar-refractivity contribution in [3.05, 3.63) is 60.2 Å². The zero-order valence-electron chi connectivity index (χ0n) is 10.8. The van der Waals surface area contributed by atoms with Crippen molar-refractivity contribution in [1.82, 2.24) is 0 Å². The van der Waals surface area contributed by atoms with Crippen LogP contribution in [0.2, 0.25) is 0 Å². The largest absolute Gasteiger partial charge is 0.465 e. The van der Waals surface area contributed by atoms with Crippen molar-refractivity contribution in [2.45, 2.75) is 6.54 Å². The molecule has 0 unspecified atom stereocenters. The maximum absolute atomic E-state index is 8.78. The average Bonchev–Trinajstić information content (AvgIpc) is 2.46. The van der Waals surface area contributed by atoms with Gasteiger partial charge in [0.25, 0.3) is 0 Å². The highest BCUT2D eigenvalue weighted by molar-refractivity contribution is 5.61. The van der Waals surface area contributed by atoms with Crippen LogP contribution >= 0.6 is 0 Å². The van der Waals surface area contributed by atoms with E-state index in [1.54, 1.807) is 0 Å². The van der Waals surface area contributed by atoms with E-state index in [9.17, 15) is 0 Å². The molecule has 2 rings (SSSR count). The lowest BCUT2D eigenvalue weighted by Crippen LogP contribution is -2.03. The van der Waals surface area contributed by atoms with Gasteiger partial charge in [-0.2, -0.15) is 10.2 Å². The molecule has 0 bridgehead atoms. The molecule has 1 amide bonds. The fourth-order valence-electron chi connectivity index (χ4n) is 1.31. The summed E-state index contributed by atoms with van der Waals surface area (Å²) in [7, 11) is 0. The molecule has 20 heavy (non-hydrogen) atoms. The van der Waals surface area contributed by atoms with E-state index in [0.29, 0.717) is 6.54 Å². The van der Waals surface area contributed by atoms with E-state index in [2.05, 4.69) is 16.0 Å². The number of hydrogen-bond donors (Lipinski definition) is 3. The normalized spacial score (nSPS) is 9.85. The Bertz CT molecular complexity index is 549. The third kappa shape index (κ3) is 6.27. The lowest BCUT2D eigenvalue weighted by Gasteiger charge is -1.96. The highest BCUT2D eigenvalue weighted by Crippen LogP contribution is 2.17. The maximum atomic E-state index is 8.78. The molecular formula is C14H16N4O2. The average molecular weight is 272 g/mol. The van der Waals surface area contributed by atoms with Crippen molar-refractivity contribution in [3.63, 3.8) is 0 Å². The minimum absolute atomic E-state index is 0.552. The first kappa shape index (κ1) is 15.3. The standard InChI is InChI=1S/C13H13N3.CH3NO2/c14-10-11-6-8-13(9-7-11)16-15-12-4-2-1-3-5-12;2-1(3)4/h1-9H,10,14H2;2H2,(H,3,4). The summed E-state index contributed by atoms with van der Waals surface area (Å²) in [6.07, 6.45) is -1.33. The van der Waals surface area contributed by atoms with Crippen LogP contribution in [0.5, 0.6) is 0 Å². The number of nitrogens with two attached hydrogens (primary N) is 2. The molecule has 0 aromatic heterocycles. The summed E-state index contributed by atoms with van der Waals surface area (Å²) in [6, 6.07) is 17.4. The molecule has 0 aliphatic heterocycles. The summed E-state index contributed by atoms with van der Waals surface area (Å²) in [5.41, 5.74) is 12.3. The van der Waals surface area contributed by atoms with Gasteiger partial charge in [-0.05, 0) is 29.8 Å². The Morgan fingerprint density at radius 1 is 0.950 bits per heavy atom. The van der Waals surface area contributed by atoms with Gasteiger partial charge in [0, 0.05) is 6.54 Å². The Morgan fingerprint density at radius 3 is 1.85 bits per heavy atom. The molecule has 2 aromatic rings. The van der Waals surface area contributed by atoms with Gasteiger partial charge in [0.2, 0.25) is 0 Å². The van der Waals surface area contributed by atoms with E-state index in [1.807, 2.05) is 54.6 Å². The monoisotopic (exact) mass is 272 g/mol. The summed E-state index contributed by atoms with van der Waals surface area (Å²) in [4.78, 5) is 8.78. The van der Waals surface area contributed by atoms with Crippen LogP contribution < -0.4 is 11.5 Å². The van der Waals surface area contributed by atoms with Gasteiger partial charge in [0.05, 0.1) is 11.4 Å². The summed E-state index contributed by atoms with van der Waals surface area (Å²) < 4.78 is 0. The summed E-state index contributed by atoms with van der Waals surface area (Å²) in [6.45, 7) is 0.552. The smallest absolute Gasteiger partial charge is 0.402 e. The first-order valence-electron chi connectivity index (χ1n) is 5.86. The molecular weight excluding hydrogens is 256 g/mol. The lowest BCUT2D eigenvalue weighted by atomic mass is 10.2. The quantitative estimate of drug-likeness (QED) is 0.745. The van der Waals surface area contributed by atoms with E-state index in [1.165, 1.54) is 0 Å². The van der Waals surface area contributed by atoms with E-state index >= 15 is 0 Å². The molecule has 0 atom stereocenters. The number of carbonyl (C=O) groups is 1. The maximum Gasteiger partial charge on any atom is 0.402 e. The lowest BCUT2D eigenvalue weighted by molar-refractivity contribution is 0.205. The van der Waals surface area contributed by atoms with Crippen molar-refractivity contribution in [3.8, 4) is 0 Å². The number of amides is 1. The number of primary amides is 1. The Labute approximate surface area is 116 Å². The van der Waals surface area contributed by atoms with E-state index in [-0.39, 0.29) is 0 Å². The van der Waals surface area contributed by atoms with Crippen molar-refractivity contribution < 1.29 is 9.90 Å². The van der Waals surface area contributed by atoms with Crippen LogP contribution in [-0.4, -0.2) is 11.2 Å². The van der Waals surface area contributed by atoms with Crippen LogP contribution in [-0.2, 0) is 6.54 Å². The zero-order valence-corrected chi connectivity index (χ0v) is 10.8. The SMILES string of the molecule is NC(=O)O.NCc1ccc(N=Nc2ccccc2)cc1. The number of nitrogens with zero attached hydrogens (tertiary/aromatic N) is 2. The third-order valence-electron chi connectivity index (χ3n) is 2.21. The Morgan fingerprint density at radius 2 is 1.40 bits per heavy atom. The van der Waals surface area contributed by atoms with Gasteiger partial charge >= 0.3 is 6.09 Å². The molecule has 0 heterocycles. The second-order valence-electron chi connectivity index (χ2n) is 3.74. The van der Waals surface area contributed by atoms with Gasteiger partial charge in [0.15, 0.2) is 0 Å². The van der Waals surface area contributed by atoms with Gasteiger partial charge in [-0.15, -0.1) is 0 Å². The molecule has 5 N–H and O–H groups in total. The summed E-state index contributed by atoms with van der Waals surface area (Å²) in [5.74, 6) is 0. The van der Waals surface area contributed by atoms with Gasteiger partial charge < -0.3 is 16.6 Å². The molecule has 0 saturated carbocycles. The van der Waals surface area contributed by atoms with Crippen molar-refractivity contribution >= 4 is 17.5 Å². The van der Waals surface area contributed by atoms with Gasteiger partial charge in [-0.25, -0.2) is 4.79 Å². The number of rotatable bonds is 3. The predicted molar refractivity (Wildman–Crippen MR) is 77.2 cm³/mol. The van der Waals surface area contributed by atoms with E-state index in [0.717, 1.165) is 16.9 Å². The van der Waals surface area contributed by atoms with Crippen LogP contribution in [0.3, 0.4) is 0 Å². The topological polar surface area (TPSA) is 114 Å². The van der Waals surface area contributed by atoms with Crippen LogP contribution in [0.25, 0.3) is 0 Å². The fraction of sp³-hybridized carbons (Fsp3) is 0.0714. The molecule has 0 aliphatic rings. The Kier molecular flexibility index (Phi) is 6.43. The Balaban J connectivity index is 0.000000444. The molecule has 6 heteroatoms. The van der Waals surface area contributed by atoms with E-state index < -0.39 is 6.09 Å². The number of carboxylic acid groups (broad SMARTS) is 1. The molecule has 2 aromatic carbocycles. The second-order valence-corrected chi connectivity index (χ2v) is 3.74. The zero-order chi connectivity index (χ0) is 14.8. The minimum atomic E-state index is -1.33. The van der Waals surface area contributed by atoms with Crippen molar-refractivity contribution in [2.75, 3.05) is 0 Å². The molecule has 6 nitrogen and oxygen atoms in total. The molecule has 0 aliphatic carbocycles. The Hall–Kier alpha value is -2.73. The number of benzene rings is 2. The van der Waals surface area contributed by atoms with Crippen LogP contribution in [0, 0.1) is 0 Å². The second kappa shape index (κ2) is 8.39. The van der Waals surface area contributed by atoms with Gasteiger partial charge in [-0.3, -0.25) is 0 Å². The molecule has 0 saturated heterocycles. The summed E-state index contributed by atoms with van der Waals surface area (Å²) in [5, 5.41) is 15.5. The molecule has 0 spiro atoms. The van der Waals surface area contributed by atoms with Crippen molar-refractivity contribution in [2.24, 2.45) is 21.7 Å². The number of hydrogen-bond acceptors (Lipinski definition) is 4. The van der Waals surface area contributed by atoms with Crippen LogP contribution in [0.1, 0.15) is 5.56 Å². The summed E-state index contributed by atoms with van der Waals surface area (Å²) >= 11 is 0. The minimum Gasteiger partial charge on any atom is -0.465 e. The van der Waals surface area contributed by atoms with Crippen molar-refractivity contribution in [1.29, 1.82) is 0 Å². The predicted octanol–water partition coefficient (Wildman–Crippen LogP) is 3.18. The first-order valence-corrected chi connectivity index (χ1v) is 5.86. The number of azo groups is 1. The van der Waals surface area contributed by atoms with Crippen LogP contribution in [0.4, 0.5) is 16.2 Å². The molecule has 104 valence electrons.